The number of hydrazone groups is 1. The lowest BCUT2D eigenvalue weighted by Gasteiger charge is -2.09. The molecular formula is C22H16BrClN2O3. The summed E-state index contributed by atoms with van der Waals surface area (Å²) < 4.78 is 6.25. The Kier molecular flexibility index (Phi) is 6.80. The summed E-state index contributed by atoms with van der Waals surface area (Å²) in [6.45, 7) is 1.85. The summed E-state index contributed by atoms with van der Waals surface area (Å²) in [7, 11) is 0. The molecule has 0 aliphatic carbocycles. The van der Waals surface area contributed by atoms with Gasteiger partial charge in [0.05, 0.1) is 16.8 Å². The molecule has 7 heteroatoms. The minimum absolute atomic E-state index is 0.257. The zero-order chi connectivity index (χ0) is 20.8. The number of amides is 1. The number of carbonyl (C=O) groups is 2. The smallest absolute Gasteiger partial charge is 0.345 e. The number of benzene rings is 3. The molecule has 29 heavy (non-hydrogen) atoms. The summed E-state index contributed by atoms with van der Waals surface area (Å²) in [5.41, 5.74) is 4.62. The molecule has 3 aromatic rings. The summed E-state index contributed by atoms with van der Waals surface area (Å²) in [5.74, 6) is -0.632. The zero-order valence-electron chi connectivity index (χ0n) is 15.4. The predicted octanol–water partition coefficient (Wildman–Crippen LogP) is 5.39. The fourth-order valence-corrected chi connectivity index (χ4v) is 3.13. The van der Waals surface area contributed by atoms with Crippen molar-refractivity contribution in [2.45, 2.75) is 6.92 Å². The molecule has 0 aliphatic rings. The number of halogens is 2. The molecule has 0 saturated heterocycles. The number of esters is 1. The van der Waals surface area contributed by atoms with Crippen LogP contribution in [0.1, 0.15) is 31.8 Å². The first kappa shape index (κ1) is 20.8. The third-order valence-electron chi connectivity index (χ3n) is 4.03. The van der Waals surface area contributed by atoms with E-state index in [4.69, 9.17) is 16.3 Å². The molecule has 0 radical (unpaired) electrons. The van der Waals surface area contributed by atoms with Crippen LogP contribution in [0.2, 0.25) is 5.02 Å². The molecule has 0 spiro atoms. The monoisotopic (exact) mass is 470 g/mol. The van der Waals surface area contributed by atoms with Crippen molar-refractivity contribution in [3.05, 3.63) is 98.5 Å². The minimum atomic E-state index is -0.587. The number of nitrogens with one attached hydrogen (secondary N) is 1. The van der Waals surface area contributed by atoms with Crippen LogP contribution < -0.4 is 10.2 Å². The first-order chi connectivity index (χ1) is 14.0. The fourth-order valence-electron chi connectivity index (χ4n) is 2.54. The Hall–Kier alpha value is -2.96. The van der Waals surface area contributed by atoms with E-state index in [1.54, 1.807) is 54.6 Å². The Bertz CT molecular complexity index is 1100. The van der Waals surface area contributed by atoms with Crippen molar-refractivity contribution in [2.24, 2.45) is 5.10 Å². The van der Waals surface area contributed by atoms with Crippen molar-refractivity contribution in [3.8, 4) is 5.75 Å². The maximum Gasteiger partial charge on any atom is 0.345 e. The molecule has 0 heterocycles. The van der Waals surface area contributed by atoms with Crippen LogP contribution in [0.3, 0.4) is 0 Å². The number of nitrogens with zero attached hydrogens (tertiary/aromatic N) is 1. The van der Waals surface area contributed by atoms with Gasteiger partial charge in [-0.05, 0) is 48.9 Å². The number of aryl methyl sites for hydroxylation is 1. The molecular weight excluding hydrogens is 456 g/mol. The van der Waals surface area contributed by atoms with Gasteiger partial charge in [0.25, 0.3) is 5.91 Å². The van der Waals surface area contributed by atoms with E-state index in [0.717, 1.165) is 10.0 Å². The number of hydrogen-bond acceptors (Lipinski definition) is 4. The number of carbonyl (C=O) groups excluding carboxylic acids is 2. The van der Waals surface area contributed by atoms with Crippen molar-refractivity contribution >= 4 is 45.6 Å². The standard InChI is InChI=1S/C22H16BrClN2O3/c1-14-6-2-3-7-17(14)21(27)26-25-13-15-12-16(23)10-11-20(15)29-22(28)18-8-4-5-9-19(18)24/h2-13H,1H3,(H,26,27). The molecule has 0 unspecified atom stereocenters. The van der Waals surface area contributed by atoms with Crippen LogP contribution >= 0.6 is 27.5 Å². The molecule has 146 valence electrons. The highest BCUT2D eigenvalue weighted by molar-refractivity contribution is 9.10. The quantitative estimate of drug-likeness (QED) is 0.235. The normalized spacial score (nSPS) is 10.7. The van der Waals surface area contributed by atoms with Gasteiger partial charge in [-0.1, -0.05) is 57.9 Å². The molecule has 0 bridgehead atoms. The van der Waals surface area contributed by atoms with Gasteiger partial charge in [0, 0.05) is 15.6 Å². The lowest BCUT2D eigenvalue weighted by Crippen LogP contribution is -2.18. The van der Waals surface area contributed by atoms with Crippen LogP contribution in [0.4, 0.5) is 0 Å². The second-order valence-corrected chi connectivity index (χ2v) is 7.39. The average Bonchev–Trinajstić information content (AvgIpc) is 2.70. The van der Waals surface area contributed by atoms with E-state index in [9.17, 15) is 9.59 Å². The Morgan fingerprint density at radius 2 is 1.72 bits per heavy atom. The molecule has 3 rings (SSSR count). The third kappa shape index (κ3) is 5.31. The largest absolute Gasteiger partial charge is 0.422 e. The van der Waals surface area contributed by atoms with Crippen LogP contribution in [0.25, 0.3) is 0 Å². The van der Waals surface area contributed by atoms with Crippen molar-refractivity contribution in [2.75, 3.05) is 0 Å². The molecule has 0 aliphatic heterocycles. The van der Waals surface area contributed by atoms with Crippen LogP contribution in [0, 0.1) is 6.92 Å². The van der Waals surface area contributed by atoms with E-state index in [1.165, 1.54) is 6.21 Å². The first-order valence-corrected chi connectivity index (χ1v) is 9.78. The highest BCUT2D eigenvalue weighted by Gasteiger charge is 2.14. The lowest BCUT2D eigenvalue weighted by atomic mass is 10.1. The zero-order valence-corrected chi connectivity index (χ0v) is 17.7. The predicted molar refractivity (Wildman–Crippen MR) is 117 cm³/mol. The Balaban J connectivity index is 1.77. The van der Waals surface area contributed by atoms with E-state index in [0.29, 0.717) is 16.1 Å². The second-order valence-electron chi connectivity index (χ2n) is 6.07. The molecule has 1 amide bonds. The lowest BCUT2D eigenvalue weighted by molar-refractivity contribution is 0.0734. The van der Waals surface area contributed by atoms with E-state index < -0.39 is 5.97 Å². The van der Waals surface area contributed by atoms with E-state index in [-0.39, 0.29) is 17.2 Å². The van der Waals surface area contributed by atoms with Gasteiger partial charge in [-0.15, -0.1) is 0 Å². The molecule has 0 fully saturated rings. The number of hydrogen-bond donors (Lipinski definition) is 1. The van der Waals surface area contributed by atoms with Gasteiger partial charge in [-0.2, -0.15) is 5.10 Å². The highest BCUT2D eigenvalue weighted by Crippen LogP contribution is 2.24. The maximum atomic E-state index is 12.4. The topological polar surface area (TPSA) is 67.8 Å². The SMILES string of the molecule is Cc1ccccc1C(=O)NN=Cc1cc(Br)ccc1OC(=O)c1ccccc1Cl. The van der Waals surface area contributed by atoms with Crippen molar-refractivity contribution in [1.29, 1.82) is 0 Å². The second kappa shape index (κ2) is 9.49. The van der Waals surface area contributed by atoms with E-state index >= 15 is 0 Å². The molecule has 3 aromatic carbocycles. The molecule has 0 aromatic heterocycles. The molecule has 1 N–H and O–H groups in total. The van der Waals surface area contributed by atoms with Gasteiger partial charge in [0.2, 0.25) is 0 Å². The Labute approximate surface area is 181 Å². The average molecular weight is 472 g/mol. The summed E-state index contributed by atoms with van der Waals surface area (Å²) in [6, 6.07) is 18.9. The summed E-state index contributed by atoms with van der Waals surface area (Å²) in [4.78, 5) is 24.7. The summed E-state index contributed by atoms with van der Waals surface area (Å²) in [5, 5.41) is 4.30. The summed E-state index contributed by atoms with van der Waals surface area (Å²) >= 11 is 9.43. The maximum absolute atomic E-state index is 12.4. The van der Waals surface area contributed by atoms with Crippen molar-refractivity contribution in [1.82, 2.24) is 5.43 Å². The van der Waals surface area contributed by atoms with Gasteiger partial charge in [0.1, 0.15) is 5.75 Å². The number of rotatable bonds is 5. The Morgan fingerprint density at radius 1 is 1.03 bits per heavy atom. The van der Waals surface area contributed by atoms with Crippen molar-refractivity contribution < 1.29 is 14.3 Å². The van der Waals surface area contributed by atoms with Crippen LogP contribution in [-0.2, 0) is 0 Å². The third-order valence-corrected chi connectivity index (χ3v) is 4.85. The highest BCUT2D eigenvalue weighted by atomic mass is 79.9. The summed E-state index contributed by atoms with van der Waals surface area (Å²) in [6.07, 6.45) is 1.41. The van der Waals surface area contributed by atoms with Gasteiger partial charge < -0.3 is 4.74 Å². The van der Waals surface area contributed by atoms with Crippen LogP contribution in [0.15, 0.2) is 76.3 Å². The molecule has 0 saturated carbocycles. The fraction of sp³-hybridized carbons (Fsp3) is 0.0455. The van der Waals surface area contributed by atoms with Crippen LogP contribution in [0.5, 0.6) is 5.75 Å². The molecule has 0 atom stereocenters. The first-order valence-electron chi connectivity index (χ1n) is 8.61. The number of ether oxygens (including phenoxy) is 1. The minimum Gasteiger partial charge on any atom is -0.422 e. The van der Waals surface area contributed by atoms with E-state index in [2.05, 4.69) is 26.5 Å². The van der Waals surface area contributed by atoms with Gasteiger partial charge in [-0.25, -0.2) is 10.2 Å². The van der Waals surface area contributed by atoms with Gasteiger partial charge in [-0.3, -0.25) is 4.79 Å². The molecule has 5 nitrogen and oxygen atoms in total. The van der Waals surface area contributed by atoms with Crippen LogP contribution in [-0.4, -0.2) is 18.1 Å². The van der Waals surface area contributed by atoms with Gasteiger partial charge >= 0.3 is 5.97 Å². The van der Waals surface area contributed by atoms with E-state index in [1.807, 2.05) is 19.1 Å². The van der Waals surface area contributed by atoms with Crippen molar-refractivity contribution in [3.63, 3.8) is 0 Å². The van der Waals surface area contributed by atoms with Gasteiger partial charge in [0.15, 0.2) is 0 Å². The Morgan fingerprint density at radius 3 is 2.45 bits per heavy atom.